The lowest BCUT2D eigenvalue weighted by Crippen LogP contribution is -2.38. The van der Waals surface area contributed by atoms with Crippen molar-refractivity contribution < 1.29 is 14.3 Å². The zero-order chi connectivity index (χ0) is 21.3. The van der Waals surface area contributed by atoms with E-state index in [-0.39, 0.29) is 18.4 Å². The molecule has 2 amide bonds. The largest absolute Gasteiger partial charge is 0.496 e. The Hall–Kier alpha value is -2.79. The molecule has 2 aromatic rings. The number of likely N-dealkylation sites (tertiary alicyclic amines) is 1. The Balaban J connectivity index is 1.73. The number of amides is 2. The predicted octanol–water partition coefficient (Wildman–Crippen LogP) is 4.36. The summed E-state index contributed by atoms with van der Waals surface area (Å²) in [7, 11) is 1.59. The van der Waals surface area contributed by atoms with Crippen LogP contribution in [0.15, 0.2) is 54.2 Å². The van der Waals surface area contributed by atoms with Crippen LogP contribution in [-0.2, 0) is 16.1 Å². The van der Waals surface area contributed by atoms with Gasteiger partial charge in [0.25, 0.3) is 11.8 Å². The second-order valence-corrected chi connectivity index (χ2v) is 8.34. The molecule has 2 heterocycles. The first-order valence-electron chi connectivity index (χ1n) is 10.2. The van der Waals surface area contributed by atoms with Crippen molar-refractivity contribution in [1.82, 2.24) is 9.80 Å². The van der Waals surface area contributed by atoms with E-state index >= 15 is 0 Å². The van der Waals surface area contributed by atoms with Crippen LogP contribution in [0.25, 0.3) is 5.57 Å². The second kappa shape index (κ2) is 8.52. The van der Waals surface area contributed by atoms with Crippen molar-refractivity contribution in [3.63, 3.8) is 0 Å². The Morgan fingerprint density at radius 3 is 2.33 bits per heavy atom. The molecule has 0 atom stereocenters. The van der Waals surface area contributed by atoms with Crippen molar-refractivity contribution in [2.75, 3.05) is 20.2 Å². The van der Waals surface area contributed by atoms with Crippen molar-refractivity contribution in [2.45, 2.75) is 26.3 Å². The number of piperidine rings is 1. The summed E-state index contributed by atoms with van der Waals surface area (Å²) in [5.74, 6) is 0.761. The van der Waals surface area contributed by atoms with E-state index in [1.165, 1.54) is 4.90 Å². The van der Waals surface area contributed by atoms with Gasteiger partial charge >= 0.3 is 0 Å². The molecule has 1 saturated heterocycles. The average Bonchev–Trinajstić information content (AvgIpc) is 3.00. The molecule has 0 radical (unpaired) electrons. The third kappa shape index (κ3) is 3.82. The molecule has 0 bridgehead atoms. The van der Waals surface area contributed by atoms with E-state index in [1.54, 1.807) is 19.2 Å². The van der Waals surface area contributed by atoms with Crippen LogP contribution in [0.5, 0.6) is 5.75 Å². The van der Waals surface area contributed by atoms with E-state index in [2.05, 4.69) is 11.8 Å². The minimum atomic E-state index is -0.276. The van der Waals surface area contributed by atoms with Gasteiger partial charge in [-0.15, -0.1) is 0 Å². The number of hydrogen-bond acceptors (Lipinski definition) is 4. The van der Waals surface area contributed by atoms with Gasteiger partial charge in [-0.05, 0) is 42.5 Å². The van der Waals surface area contributed by atoms with Gasteiger partial charge in [-0.2, -0.15) is 0 Å². The van der Waals surface area contributed by atoms with E-state index in [1.807, 2.05) is 36.4 Å². The Kier molecular flexibility index (Phi) is 5.82. The van der Waals surface area contributed by atoms with Crippen molar-refractivity contribution in [3.8, 4) is 5.75 Å². The Morgan fingerprint density at radius 1 is 1.00 bits per heavy atom. The molecule has 0 spiro atoms. The van der Waals surface area contributed by atoms with Gasteiger partial charge in [0.15, 0.2) is 0 Å². The van der Waals surface area contributed by atoms with Crippen molar-refractivity contribution in [3.05, 3.63) is 70.4 Å². The van der Waals surface area contributed by atoms with Crippen LogP contribution in [0.2, 0.25) is 5.02 Å². The van der Waals surface area contributed by atoms with Gasteiger partial charge in [-0.3, -0.25) is 14.5 Å². The predicted molar refractivity (Wildman–Crippen MR) is 117 cm³/mol. The fourth-order valence-corrected chi connectivity index (χ4v) is 4.24. The summed E-state index contributed by atoms with van der Waals surface area (Å²) in [6.07, 6.45) is 2.01. The summed E-state index contributed by atoms with van der Waals surface area (Å²) in [5, 5.41) is 0.593. The van der Waals surface area contributed by atoms with Crippen LogP contribution in [0.1, 0.15) is 30.9 Å². The monoisotopic (exact) mass is 424 g/mol. The number of nitrogens with zero attached hydrogens (tertiary/aromatic N) is 2. The highest BCUT2D eigenvalue weighted by atomic mass is 35.5. The molecule has 5 nitrogen and oxygen atoms in total. The number of para-hydroxylation sites is 1. The lowest BCUT2D eigenvalue weighted by molar-refractivity contribution is -0.138. The lowest BCUT2D eigenvalue weighted by atomic mass is 9.97. The Bertz CT molecular complexity index is 992. The first-order chi connectivity index (χ1) is 14.5. The maximum absolute atomic E-state index is 13.5. The first kappa shape index (κ1) is 20.5. The van der Waals surface area contributed by atoms with E-state index in [4.69, 9.17) is 16.3 Å². The Labute approximate surface area is 181 Å². The normalized spacial score (nSPS) is 17.8. The average molecular weight is 425 g/mol. The van der Waals surface area contributed by atoms with Gasteiger partial charge < -0.3 is 9.64 Å². The molecule has 6 heteroatoms. The fraction of sp³-hybridized carbons (Fsp3) is 0.333. The van der Waals surface area contributed by atoms with Crippen molar-refractivity contribution in [1.29, 1.82) is 0 Å². The number of rotatable bonds is 5. The highest BCUT2D eigenvalue weighted by molar-refractivity contribution is 6.36. The zero-order valence-electron chi connectivity index (χ0n) is 17.2. The van der Waals surface area contributed by atoms with Gasteiger partial charge in [0.1, 0.15) is 11.4 Å². The van der Waals surface area contributed by atoms with E-state index in [9.17, 15) is 9.59 Å². The first-order valence-corrected chi connectivity index (χ1v) is 10.6. The highest BCUT2D eigenvalue weighted by Gasteiger charge is 2.42. The van der Waals surface area contributed by atoms with Crippen LogP contribution < -0.4 is 4.74 Å². The number of carbonyl (C=O) groups excluding carboxylic acids is 2. The minimum absolute atomic E-state index is 0.173. The van der Waals surface area contributed by atoms with E-state index in [0.29, 0.717) is 33.5 Å². The highest BCUT2D eigenvalue weighted by Crippen LogP contribution is 2.35. The van der Waals surface area contributed by atoms with Gasteiger partial charge in [-0.1, -0.05) is 48.9 Å². The molecule has 2 aromatic carbocycles. The summed E-state index contributed by atoms with van der Waals surface area (Å²) >= 11 is 6.05. The van der Waals surface area contributed by atoms with Gasteiger partial charge in [-0.25, -0.2) is 0 Å². The molecule has 0 aliphatic carbocycles. The Morgan fingerprint density at radius 2 is 1.67 bits per heavy atom. The third-order valence-electron chi connectivity index (χ3n) is 5.90. The molecule has 4 rings (SSSR count). The van der Waals surface area contributed by atoms with Gasteiger partial charge in [0.05, 0.1) is 19.2 Å². The smallest absolute Gasteiger partial charge is 0.278 e. The summed E-state index contributed by atoms with van der Waals surface area (Å²) in [4.78, 5) is 30.4. The van der Waals surface area contributed by atoms with E-state index in [0.717, 1.165) is 31.5 Å². The van der Waals surface area contributed by atoms with Crippen LogP contribution in [-0.4, -0.2) is 41.8 Å². The maximum atomic E-state index is 13.5. The summed E-state index contributed by atoms with van der Waals surface area (Å²) in [6.45, 7) is 3.94. The molecule has 1 fully saturated rings. The molecule has 2 aliphatic heterocycles. The number of halogens is 1. The van der Waals surface area contributed by atoms with Crippen molar-refractivity contribution >= 4 is 29.0 Å². The number of ether oxygens (including phenoxy) is 1. The minimum Gasteiger partial charge on any atom is -0.496 e. The third-order valence-corrected chi connectivity index (χ3v) is 6.15. The molecule has 30 heavy (non-hydrogen) atoms. The number of carbonyl (C=O) groups is 2. The number of benzene rings is 2. The zero-order valence-corrected chi connectivity index (χ0v) is 18.0. The molecule has 0 unspecified atom stereocenters. The fourth-order valence-electron chi connectivity index (χ4n) is 4.11. The topological polar surface area (TPSA) is 49.9 Å². The summed E-state index contributed by atoms with van der Waals surface area (Å²) < 4.78 is 5.42. The molecule has 0 saturated carbocycles. The summed E-state index contributed by atoms with van der Waals surface area (Å²) in [5.41, 5.74) is 2.48. The lowest BCUT2D eigenvalue weighted by Gasteiger charge is -2.32. The molecule has 0 N–H and O–H groups in total. The van der Waals surface area contributed by atoms with Gasteiger partial charge in [0.2, 0.25) is 0 Å². The van der Waals surface area contributed by atoms with Crippen molar-refractivity contribution in [2.24, 2.45) is 5.92 Å². The number of imide groups is 1. The second-order valence-electron chi connectivity index (χ2n) is 7.91. The van der Waals surface area contributed by atoms with Crippen LogP contribution >= 0.6 is 11.6 Å². The van der Waals surface area contributed by atoms with Crippen LogP contribution in [0, 0.1) is 5.92 Å². The quantitative estimate of drug-likeness (QED) is 0.669. The SMILES string of the molecule is COc1ccccc1CN1C(=O)C(c2ccc(Cl)cc2)=C(N2CCC(C)CC2)C1=O. The molecule has 156 valence electrons. The standard InChI is InChI=1S/C24H25ClN2O3/c1-16-11-13-26(14-12-16)22-21(17-7-9-19(25)10-8-17)23(28)27(24(22)29)15-18-5-3-4-6-20(18)30-2/h3-10,16H,11-15H2,1-2H3. The molecule has 2 aliphatic rings. The maximum Gasteiger partial charge on any atom is 0.278 e. The van der Waals surface area contributed by atoms with E-state index < -0.39 is 0 Å². The molecular weight excluding hydrogens is 400 g/mol. The van der Waals surface area contributed by atoms with Gasteiger partial charge in [0, 0.05) is 23.7 Å². The van der Waals surface area contributed by atoms with Crippen LogP contribution in [0.3, 0.4) is 0 Å². The number of methoxy groups -OCH3 is 1. The number of hydrogen-bond donors (Lipinski definition) is 0. The van der Waals surface area contributed by atoms with Crippen LogP contribution in [0.4, 0.5) is 0 Å². The summed E-state index contributed by atoms with van der Waals surface area (Å²) in [6, 6.07) is 14.6. The molecular formula is C24H25ClN2O3. The molecule has 0 aromatic heterocycles.